The van der Waals surface area contributed by atoms with Crippen LogP contribution in [0.3, 0.4) is 0 Å². The van der Waals surface area contributed by atoms with Crippen LogP contribution in [0.4, 0.5) is 4.79 Å². The molecule has 2 atom stereocenters. The van der Waals surface area contributed by atoms with Crippen molar-refractivity contribution in [2.45, 2.75) is 24.9 Å². The van der Waals surface area contributed by atoms with Crippen molar-refractivity contribution in [2.24, 2.45) is 0 Å². The van der Waals surface area contributed by atoms with Gasteiger partial charge in [-0.3, -0.25) is 10.2 Å². The zero-order valence-corrected chi connectivity index (χ0v) is 16.1. The molecule has 3 N–H and O–H groups in total. The van der Waals surface area contributed by atoms with Crippen LogP contribution in [0.15, 0.2) is 18.3 Å². The monoisotopic (exact) mass is 379 g/mol. The molecule has 3 heterocycles. The summed E-state index contributed by atoms with van der Waals surface area (Å²) >= 11 is 0. The minimum absolute atomic E-state index is 0. The van der Waals surface area contributed by atoms with Crippen LogP contribution in [0.5, 0.6) is 0 Å². The molecule has 0 spiro atoms. The van der Waals surface area contributed by atoms with Crippen LogP contribution < -0.4 is 34.9 Å². The molecule has 11 nitrogen and oxygen atoms in total. The number of piperidine rings is 1. The summed E-state index contributed by atoms with van der Waals surface area (Å²) in [6, 6.07) is 1.04. The largest absolute Gasteiger partial charge is 1.00 e. The number of hydrogen-bond acceptors (Lipinski definition) is 7. The molecule has 1 aromatic heterocycles. The van der Waals surface area contributed by atoms with Gasteiger partial charge in [0.05, 0.1) is 12.1 Å². The van der Waals surface area contributed by atoms with Crippen LogP contribution in [0, 0.1) is 5.41 Å². The standard InChI is InChI=1S/C12H15N5O6S.Na/c13-10(15-11(18)8-2-1-5-14-8)9-4-3-7-6-16(9)12(19)17(7)23-24(20,21)22;/h1-2,5,7,9,14H,3-4,6H2,(H2,13,15,18)(H,20,21,22);/q;+1/p-1/t7-,9+;/m1./s1. The Bertz CT molecular complexity index is 782. The van der Waals surface area contributed by atoms with Gasteiger partial charge in [-0.1, -0.05) is 0 Å². The molecule has 0 aromatic carbocycles. The molecule has 3 amide bonds. The molecule has 0 unspecified atom stereocenters. The summed E-state index contributed by atoms with van der Waals surface area (Å²) in [4.78, 5) is 28.1. The number of nitrogens with zero attached hydrogens (tertiary/aromatic N) is 2. The molecule has 25 heavy (non-hydrogen) atoms. The van der Waals surface area contributed by atoms with Crippen LogP contribution in [-0.4, -0.2) is 64.3 Å². The minimum atomic E-state index is -5.06. The molecule has 2 fully saturated rings. The molecule has 13 heteroatoms. The van der Waals surface area contributed by atoms with Gasteiger partial charge >= 0.3 is 35.6 Å². The number of carbonyl (C=O) groups excluding carboxylic acids is 2. The zero-order valence-electron chi connectivity index (χ0n) is 13.3. The Hall–Kier alpha value is -1.44. The van der Waals surface area contributed by atoms with Crippen LogP contribution in [-0.2, 0) is 14.7 Å². The Morgan fingerprint density at radius 1 is 1.44 bits per heavy atom. The first-order valence-corrected chi connectivity index (χ1v) is 8.38. The minimum Gasteiger partial charge on any atom is -0.724 e. The predicted octanol–water partition coefficient (Wildman–Crippen LogP) is -3.61. The molecular formula is C12H14N5NaO6S. The van der Waals surface area contributed by atoms with Crippen molar-refractivity contribution in [3.63, 3.8) is 0 Å². The Kier molecular flexibility index (Phi) is 5.91. The summed E-state index contributed by atoms with van der Waals surface area (Å²) in [5.74, 6) is -0.706. The molecule has 0 aliphatic carbocycles. The van der Waals surface area contributed by atoms with Gasteiger partial charge in [0, 0.05) is 12.7 Å². The van der Waals surface area contributed by atoms with Crippen LogP contribution in [0.1, 0.15) is 23.3 Å². The molecular weight excluding hydrogens is 365 g/mol. The van der Waals surface area contributed by atoms with E-state index in [1.807, 2.05) is 0 Å². The second kappa shape index (κ2) is 7.43. The Labute approximate surface area is 165 Å². The molecule has 2 aliphatic heterocycles. The van der Waals surface area contributed by atoms with Gasteiger partial charge in [-0.05, 0) is 25.0 Å². The number of amides is 3. The van der Waals surface area contributed by atoms with Crippen molar-refractivity contribution in [3.05, 3.63) is 24.0 Å². The Balaban J connectivity index is 0.00000225. The van der Waals surface area contributed by atoms with Gasteiger partial charge in [-0.15, -0.1) is 0 Å². The van der Waals surface area contributed by atoms with Crippen LogP contribution in [0.25, 0.3) is 0 Å². The SMILES string of the molecule is N=C(NC(=O)c1ccc[nH]1)[C@@H]1CC[C@@H]2CN1C(=O)N2OS(=O)(=O)[O-].[Na+]. The first-order chi connectivity index (χ1) is 11.3. The van der Waals surface area contributed by atoms with Gasteiger partial charge in [0.25, 0.3) is 5.91 Å². The maximum atomic E-state index is 12.2. The summed E-state index contributed by atoms with van der Waals surface area (Å²) in [5, 5.41) is 11.0. The number of hydrogen-bond donors (Lipinski definition) is 3. The molecule has 2 saturated heterocycles. The fourth-order valence-corrected chi connectivity index (χ4v) is 3.26. The van der Waals surface area contributed by atoms with Crippen molar-refractivity contribution in [1.82, 2.24) is 20.3 Å². The maximum Gasteiger partial charge on any atom is 1.00 e. The van der Waals surface area contributed by atoms with E-state index >= 15 is 0 Å². The van der Waals surface area contributed by atoms with Crippen molar-refractivity contribution in [1.29, 1.82) is 5.41 Å². The van der Waals surface area contributed by atoms with Crippen LogP contribution in [0.2, 0.25) is 0 Å². The molecule has 3 rings (SSSR count). The third-order valence-corrected chi connectivity index (χ3v) is 4.26. The van der Waals surface area contributed by atoms with Gasteiger partial charge in [-0.25, -0.2) is 13.2 Å². The number of nitrogens with one attached hydrogen (secondary N) is 3. The van der Waals surface area contributed by atoms with E-state index in [0.717, 1.165) is 0 Å². The molecule has 130 valence electrons. The van der Waals surface area contributed by atoms with E-state index in [2.05, 4.69) is 14.6 Å². The fourth-order valence-electron chi connectivity index (χ4n) is 2.87. The van der Waals surface area contributed by atoms with E-state index in [-0.39, 0.29) is 47.6 Å². The number of fused-ring (bicyclic) bond motifs is 2. The van der Waals surface area contributed by atoms with Crippen molar-refractivity contribution < 1.29 is 56.4 Å². The number of rotatable bonds is 4. The third-order valence-electron chi connectivity index (χ3n) is 3.92. The Morgan fingerprint density at radius 2 is 2.16 bits per heavy atom. The average molecular weight is 379 g/mol. The molecule has 2 aliphatic rings. The van der Waals surface area contributed by atoms with Crippen molar-refractivity contribution in [3.8, 4) is 0 Å². The summed E-state index contributed by atoms with van der Waals surface area (Å²) < 4.78 is 36.4. The van der Waals surface area contributed by atoms with Gasteiger partial charge in [-0.2, -0.15) is 9.35 Å². The van der Waals surface area contributed by atoms with Gasteiger partial charge in [0.15, 0.2) is 0 Å². The number of urea groups is 1. The summed E-state index contributed by atoms with van der Waals surface area (Å²) in [6.45, 7) is 0.111. The van der Waals surface area contributed by atoms with E-state index in [1.165, 1.54) is 11.0 Å². The average Bonchev–Trinajstić information content (AvgIpc) is 3.11. The second-order valence-corrected chi connectivity index (χ2v) is 6.41. The normalized spacial score (nSPS) is 22.5. The first-order valence-electron chi connectivity index (χ1n) is 7.04. The number of amidine groups is 1. The van der Waals surface area contributed by atoms with E-state index in [0.29, 0.717) is 17.9 Å². The number of hydroxylamine groups is 2. The number of carbonyl (C=O) groups is 2. The summed E-state index contributed by atoms with van der Waals surface area (Å²) in [6.07, 6.45) is 2.23. The van der Waals surface area contributed by atoms with Crippen molar-refractivity contribution >= 4 is 28.2 Å². The fraction of sp³-hybridized carbons (Fsp3) is 0.417. The first kappa shape index (κ1) is 19.9. The van der Waals surface area contributed by atoms with Gasteiger partial charge in [0.2, 0.25) is 10.4 Å². The number of aromatic nitrogens is 1. The summed E-state index contributed by atoms with van der Waals surface area (Å²) in [5.41, 5.74) is 0.267. The molecule has 0 radical (unpaired) electrons. The van der Waals surface area contributed by atoms with E-state index in [4.69, 9.17) is 5.41 Å². The third kappa shape index (κ3) is 4.22. The zero-order chi connectivity index (χ0) is 17.5. The van der Waals surface area contributed by atoms with E-state index < -0.39 is 34.4 Å². The van der Waals surface area contributed by atoms with E-state index in [1.54, 1.807) is 12.3 Å². The van der Waals surface area contributed by atoms with Gasteiger partial charge < -0.3 is 19.8 Å². The Morgan fingerprint density at radius 3 is 2.76 bits per heavy atom. The molecule has 0 saturated carbocycles. The maximum absolute atomic E-state index is 12.2. The van der Waals surface area contributed by atoms with Gasteiger partial charge in [0.1, 0.15) is 11.5 Å². The topological polar surface area (TPSA) is 159 Å². The predicted molar refractivity (Wildman–Crippen MR) is 77.5 cm³/mol. The number of H-pyrrole nitrogens is 1. The smallest absolute Gasteiger partial charge is 0.724 e. The summed E-state index contributed by atoms with van der Waals surface area (Å²) in [7, 11) is -5.06. The quantitative estimate of drug-likeness (QED) is 0.161. The van der Waals surface area contributed by atoms with Crippen molar-refractivity contribution in [2.75, 3.05) is 6.54 Å². The van der Waals surface area contributed by atoms with Crippen LogP contribution >= 0.6 is 0 Å². The molecule has 1 aromatic rings. The number of aromatic amines is 1. The molecule has 2 bridgehead atoms. The van der Waals surface area contributed by atoms with E-state index in [9.17, 15) is 22.6 Å². The second-order valence-electron chi connectivity index (χ2n) is 5.44.